The summed E-state index contributed by atoms with van der Waals surface area (Å²) >= 11 is 0. The molecule has 1 aliphatic rings. The number of nitrogens with zero attached hydrogens (tertiary/aromatic N) is 1. The molecule has 0 amide bonds. The molecule has 20 heavy (non-hydrogen) atoms. The lowest BCUT2D eigenvalue weighted by molar-refractivity contribution is 0.201. The van der Waals surface area contributed by atoms with E-state index < -0.39 is 5.82 Å². The first-order chi connectivity index (χ1) is 8.65. The van der Waals surface area contributed by atoms with Crippen LogP contribution in [0.3, 0.4) is 0 Å². The molecule has 1 saturated heterocycles. The van der Waals surface area contributed by atoms with E-state index in [9.17, 15) is 9.50 Å². The number of halogens is 3. The van der Waals surface area contributed by atoms with Gasteiger partial charge in [0.25, 0.3) is 0 Å². The van der Waals surface area contributed by atoms with E-state index in [-0.39, 0.29) is 42.3 Å². The summed E-state index contributed by atoms with van der Waals surface area (Å²) in [7, 11) is 0. The Hall–Kier alpha value is -1.01. The highest BCUT2D eigenvalue weighted by atomic mass is 35.5. The minimum atomic E-state index is -0.598. The zero-order chi connectivity index (χ0) is 13.1. The fourth-order valence-corrected chi connectivity index (χ4v) is 2.27. The largest absolute Gasteiger partial charge is 0.505 e. The molecule has 0 aromatic heterocycles. The smallest absolute Gasteiger partial charge is 0.149 e. The summed E-state index contributed by atoms with van der Waals surface area (Å²) in [6.07, 6.45) is 1.75. The van der Waals surface area contributed by atoms with Gasteiger partial charge < -0.3 is 16.2 Å². The number of phenols is 1. The van der Waals surface area contributed by atoms with Crippen molar-refractivity contribution in [1.82, 2.24) is 10.2 Å². The third kappa shape index (κ3) is 3.76. The Bertz CT molecular complexity index is 453. The van der Waals surface area contributed by atoms with Gasteiger partial charge >= 0.3 is 0 Å². The third-order valence-electron chi connectivity index (χ3n) is 3.28. The highest BCUT2D eigenvalue weighted by Crippen LogP contribution is 2.35. The minimum Gasteiger partial charge on any atom is -0.505 e. The number of nitrogens with one attached hydrogen (secondary N) is 1. The standard InChI is InChI=1S/C13H18FN3O.2ClH/c1-2-11(17-7-5-16-6-8-17)9-3-4-10(14)12(15)13(9)18;;/h2-4,11,16,18H,1,5-8,15H2;2*1H/t11-;;/m0../s1. The zero-order valence-electron chi connectivity index (χ0n) is 11.0. The number of hydrogen-bond donors (Lipinski definition) is 3. The van der Waals surface area contributed by atoms with E-state index in [1.807, 2.05) is 0 Å². The van der Waals surface area contributed by atoms with Crippen LogP contribution in [0, 0.1) is 5.82 Å². The third-order valence-corrected chi connectivity index (χ3v) is 3.28. The quantitative estimate of drug-likeness (QED) is 0.453. The zero-order valence-corrected chi connectivity index (χ0v) is 12.6. The monoisotopic (exact) mass is 323 g/mol. The predicted octanol–water partition coefficient (Wildman–Crippen LogP) is 2.09. The number of aromatic hydroxyl groups is 1. The van der Waals surface area contributed by atoms with Crippen molar-refractivity contribution in [3.05, 3.63) is 36.2 Å². The number of benzene rings is 1. The van der Waals surface area contributed by atoms with Crippen molar-refractivity contribution in [1.29, 1.82) is 0 Å². The maximum absolute atomic E-state index is 13.2. The molecule has 0 bridgehead atoms. The molecule has 1 aliphatic heterocycles. The van der Waals surface area contributed by atoms with Crippen LogP contribution in [0.2, 0.25) is 0 Å². The van der Waals surface area contributed by atoms with E-state index in [0.29, 0.717) is 5.56 Å². The number of anilines is 1. The van der Waals surface area contributed by atoms with E-state index in [1.54, 1.807) is 12.1 Å². The number of hydrogen-bond acceptors (Lipinski definition) is 4. The number of rotatable bonds is 3. The molecule has 4 nitrogen and oxygen atoms in total. The van der Waals surface area contributed by atoms with Crippen molar-refractivity contribution in [2.75, 3.05) is 31.9 Å². The Morgan fingerprint density at radius 3 is 2.50 bits per heavy atom. The van der Waals surface area contributed by atoms with Crippen molar-refractivity contribution in [3.8, 4) is 5.75 Å². The normalized spacial score (nSPS) is 16.6. The molecular formula is C13H20Cl2FN3O. The van der Waals surface area contributed by atoms with Crippen LogP contribution in [-0.2, 0) is 0 Å². The summed E-state index contributed by atoms with van der Waals surface area (Å²) in [5.41, 5.74) is 5.92. The molecule has 4 N–H and O–H groups in total. The summed E-state index contributed by atoms with van der Waals surface area (Å²) in [5, 5.41) is 13.2. The summed E-state index contributed by atoms with van der Waals surface area (Å²) in [4.78, 5) is 2.18. The van der Waals surface area contributed by atoms with E-state index in [1.165, 1.54) is 6.07 Å². The van der Waals surface area contributed by atoms with E-state index in [2.05, 4.69) is 16.8 Å². The molecule has 1 heterocycles. The van der Waals surface area contributed by atoms with Gasteiger partial charge in [0.2, 0.25) is 0 Å². The average molecular weight is 324 g/mol. The van der Waals surface area contributed by atoms with Gasteiger partial charge in [-0.2, -0.15) is 0 Å². The number of nitrogens with two attached hydrogens (primary N) is 1. The van der Waals surface area contributed by atoms with Crippen LogP contribution in [0.15, 0.2) is 24.8 Å². The highest BCUT2D eigenvalue weighted by Gasteiger charge is 2.23. The Balaban J connectivity index is 0.00000180. The molecule has 7 heteroatoms. The topological polar surface area (TPSA) is 61.5 Å². The Morgan fingerprint density at radius 1 is 1.35 bits per heavy atom. The molecule has 1 atom stereocenters. The first kappa shape index (κ1) is 19.0. The minimum absolute atomic E-state index is 0. The van der Waals surface area contributed by atoms with Crippen LogP contribution < -0.4 is 11.1 Å². The Morgan fingerprint density at radius 2 is 1.95 bits per heavy atom. The molecule has 0 aliphatic carbocycles. The first-order valence-electron chi connectivity index (χ1n) is 5.99. The van der Waals surface area contributed by atoms with Gasteiger partial charge in [-0.1, -0.05) is 12.1 Å². The van der Waals surface area contributed by atoms with Gasteiger partial charge in [0.1, 0.15) is 17.3 Å². The van der Waals surface area contributed by atoms with Crippen LogP contribution >= 0.6 is 24.8 Å². The van der Waals surface area contributed by atoms with Crippen LogP contribution in [0.4, 0.5) is 10.1 Å². The van der Waals surface area contributed by atoms with Crippen molar-refractivity contribution in [2.24, 2.45) is 0 Å². The van der Waals surface area contributed by atoms with Gasteiger partial charge in [0.05, 0.1) is 6.04 Å². The van der Waals surface area contributed by atoms with Crippen LogP contribution in [0.5, 0.6) is 5.75 Å². The van der Waals surface area contributed by atoms with E-state index in [0.717, 1.165) is 26.2 Å². The molecule has 0 spiro atoms. The van der Waals surface area contributed by atoms with Crippen molar-refractivity contribution in [2.45, 2.75) is 6.04 Å². The molecule has 114 valence electrons. The van der Waals surface area contributed by atoms with Crippen molar-refractivity contribution >= 4 is 30.5 Å². The molecule has 1 fully saturated rings. The lowest BCUT2D eigenvalue weighted by atomic mass is 10.0. The molecule has 0 radical (unpaired) electrons. The summed E-state index contributed by atoms with van der Waals surface area (Å²) in [6, 6.07) is 2.70. The van der Waals surface area contributed by atoms with Gasteiger partial charge in [-0.05, 0) is 6.07 Å². The maximum atomic E-state index is 13.2. The van der Waals surface area contributed by atoms with Crippen LogP contribution in [-0.4, -0.2) is 36.2 Å². The van der Waals surface area contributed by atoms with Crippen molar-refractivity contribution < 1.29 is 9.50 Å². The van der Waals surface area contributed by atoms with Gasteiger partial charge in [0, 0.05) is 31.7 Å². The Labute approximate surface area is 130 Å². The SMILES string of the molecule is C=C[C@@H](c1ccc(F)c(N)c1O)N1CCNCC1.Cl.Cl. The lowest BCUT2D eigenvalue weighted by Crippen LogP contribution is -2.44. The molecule has 1 aromatic carbocycles. The summed E-state index contributed by atoms with van der Waals surface area (Å²) in [5.74, 6) is -0.780. The number of phenolic OH excluding ortho intramolecular Hbond substituents is 1. The van der Waals surface area contributed by atoms with Gasteiger partial charge in [-0.25, -0.2) is 4.39 Å². The maximum Gasteiger partial charge on any atom is 0.149 e. The molecule has 0 unspecified atom stereocenters. The highest BCUT2D eigenvalue weighted by molar-refractivity contribution is 5.85. The van der Waals surface area contributed by atoms with Gasteiger partial charge in [-0.3, -0.25) is 4.90 Å². The second kappa shape index (κ2) is 8.32. The van der Waals surface area contributed by atoms with E-state index in [4.69, 9.17) is 5.73 Å². The lowest BCUT2D eigenvalue weighted by Gasteiger charge is -2.33. The number of piperazine rings is 1. The predicted molar refractivity (Wildman–Crippen MR) is 84.4 cm³/mol. The van der Waals surface area contributed by atoms with Gasteiger partial charge in [-0.15, -0.1) is 31.4 Å². The van der Waals surface area contributed by atoms with Crippen LogP contribution in [0.1, 0.15) is 11.6 Å². The van der Waals surface area contributed by atoms with Crippen molar-refractivity contribution in [3.63, 3.8) is 0 Å². The van der Waals surface area contributed by atoms with E-state index >= 15 is 0 Å². The fraction of sp³-hybridized carbons (Fsp3) is 0.385. The summed E-state index contributed by atoms with van der Waals surface area (Å²) in [6.45, 7) is 7.29. The fourth-order valence-electron chi connectivity index (χ4n) is 2.27. The molecular weight excluding hydrogens is 304 g/mol. The molecule has 1 aromatic rings. The summed E-state index contributed by atoms with van der Waals surface area (Å²) < 4.78 is 13.2. The second-order valence-corrected chi connectivity index (χ2v) is 4.37. The van der Waals surface area contributed by atoms with Gasteiger partial charge in [0.15, 0.2) is 0 Å². The average Bonchev–Trinajstić information content (AvgIpc) is 2.41. The number of nitrogen functional groups attached to an aromatic ring is 1. The molecule has 2 rings (SSSR count). The van der Waals surface area contributed by atoms with Crippen LogP contribution in [0.25, 0.3) is 0 Å². The Kier molecular flexibility index (Phi) is 7.90. The first-order valence-corrected chi connectivity index (χ1v) is 5.99. The molecule has 0 saturated carbocycles. The second-order valence-electron chi connectivity index (χ2n) is 4.37.